The Morgan fingerprint density at radius 2 is 2.10 bits per heavy atom. The summed E-state index contributed by atoms with van der Waals surface area (Å²) in [6.45, 7) is 4.30. The van der Waals surface area contributed by atoms with Crippen LogP contribution in [-0.2, 0) is 0 Å². The van der Waals surface area contributed by atoms with Crippen LogP contribution in [0.3, 0.4) is 0 Å². The predicted molar refractivity (Wildman–Crippen MR) is 81.7 cm³/mol. The molecular weight excluding hydrogens is 301 g/mol. The first-order valence-electron chi connectivity index (χ1n) is 6.52. The van der Waals surface area contributed by atoms with Crippen LogP contribution in [0.2, 0.25) is 10.0 Å². The average molecular weight is 322 g/mol. The van der Waals surface area contributed by atoms with Gasteiger partial charge < -0.3 is 20.3 Å². The number of aliphatic hydroxyl groups excluding tert-OH is 2. The predicted octanol–water partition coefficient (Wildman–Crippen LogP) is 2.48. The Morgan fingerprint density at radius 3 is 2.70 bits per heavy atom. The minimum atomic E-state index is -0.706. The van der Waals surface area contributed by atoms with Gasteiger partial charge in [0.05, 0.1) is 11.6 Å². The third kappa shape index (κ3) is 5.46. The van der Waals surface area contributed by atoms with Crippen LogP contribution in [0.5, 0.6) is 5.75 Å². The molecule has 0 fully saturated rings. The third-order valence-corrected chi connectivity index (χ3v) is 3.77. The van der Waals surface area contributed by atoms with E-state index >= 15 is 0 Å². The van der Waals surface area contributed by atoms with Crippen molar-refractivity contribution < 1.29 is 14.9 Å². The van der Waals surface area contributed by atoms with Crippen LogP contribution in [0.4, 0.5) is 0 Å². The Hall–Kier alpha value is -0.520. The lowest BCUT2D eigenvalue weighted by atomic mass is 10.0. The van der Waals surface area contributed by atoms with Crippen LogP contribution in [0, 0.1) is 0 Å². The number of β-amino-alcohol motifs (C(OH)–C–C–N with tert-alkyl or cyclic N) is 1. The average Bonchev–Trinajstić information content (AvgIpc) is 2.45. The Bertz CT molecular complexity index is 425. The SMILES string of the molecule is CCC(C)(CO)NCC(O)COc1cc(Cl)ccc1Cl. The van der Waals surface area contributed by atoms with Crippen molar-refractivity contribution in [2.45, 2.75) is 31.9 Å². The smallest absolute Gasteiger partial charge is 0.139 e. The molecule has 3 N–H and O–H groups in total. The standard InChI is InChI=1S/C14H21Cl2NO3/c1-3-14(2,9-18)17-7-11(19)8-20-13-6-10(15)4-5-12(13)16/h4-6,11,17-19H,3,7-9H2,1-2H3. The maximum Gasteiger partial charge on any atom is 0.139 e. The lowest BCUT2D eigenvalue weighted by Crippen LogP contribution is -2.49. The summed E-state index contributed by atoms with van der Waals surface area (Å²) < 4.78 is 5.44. The van der Waals surface area contributed by atoms with Crippen LogP contribution in [-0.4, -0.2) is 41.6 Å². The van der Waals surface area contributed by atoms with Crippen LogP contribution in [0.15, 0.2) is 18.2 Å². The zero-order valence-corrected chi connectivity index (χ0v) is 13.2. The molecule has 2 unspecified atom stereocenters. The second-order valence-electron chi connectivity index (χ2n) is 4.99. The molecule has 0 spiro atoms. The number of aliphatic hydroxyl groups is 2. The monoisotopic (exact) mass is 321 g/mol. The van der Waals surface area contributed by atoms with Gasteiger partial charge in [0, 0.05) is 23.2 Å². The summed E-state index contributed by atoms with van der Waals surface area (Å²) in [5.74, 6) is 0.443. The van der Waals surface area contributed by atoms with Gasteiger partial charge in [-0.25, -0.2) is 0 Å². The number of hydrogen-bond acceptors (Lipinski definition) is 4. The summed E-state index contributed by atoms with van der Waals surface area (Å²) >= 11 is 11.8. The summed E-state index contributed by atoms with van der Waals surface area (Å²) in [7, 11) is 0. The van der Waals surface area contributed by atoms with Crippen molar-refractivity contribution >= 4 is 23.2 Å². The first-order valence-corrected chi connectivity index (χ1v) is 7.27. The van der Waals surface area contributed by atoms with Crippen molar-refractivity contribution in [1.29, 1.82) is 0 Å². The molecule has 0 aliphatic rings. The molecule has 0 aromatic heterocycles. The van der Waals surface area contributed by atoms with Gasteiger partial charge >= 0.3 is 0 Å². The molecule has 6 heteroatoms. The molecule has 0 saturated carbocycles. The highest BCUT2D eigenvalue weighted by Crippen LogP contribution is 2.27. The van der Waals surface area contributed by atoms with Crippen LogP contribution in [0.25, 0.3) is 0 Å². The molecule has 0 aliphatic heterocycles. The van der Waals surface area contributed by atoms with Crippen molar-refractivity contribution in [3.05, 3.63) is 28.2 Å². The summed E-state index contributed by atoms with van der Waals surface area (Å²) in [4.78, 5) is 0. The maximum atomic E-state index is 9.88. The third-order valence-electron chi connectivity index (χ3n) is 3.22. The second-order valence-corrected chi connectivity index (χ2v) is 5.84. The minimum absolute atomic E-state index is 0.0111. The van der Waals surface area contributed by atoms with E-state index in [9.17, 15) is 10.2 Å². The number of ether oxygens (including phenoxy) is 1. The van der Waals surface area contributed by atoms with E-state index in [1.54, 1.807) is 18.2 Å². The number of nitrogens with one attached hydrogen (secondary N) is 1. The topological polar surface area (TPSA) is 61.7 Å². The Kier molecular flexibility index (Phi) is 7.06. The van der Waals surface area contributed by atoms with Crippen molar-refractivity contribution in [2.24, 2.45) is 0 Å². The summed E-state index contributed by atoms with van der Waals surface area (Å²) in [6.07, 6.45) is 0.0551. The van der Waals surface area contributed by atoms with Crippen molar-refractivity contribution in [3.63, 3.8) is 0 Å². The fourth-order valence-electron chi connectivity index (χ4n) is 1.49. The van der Waals surface area contributed by atoms with Gasteiger partial charge in [0.1, 0.15) is 18.5 Å². The molecule has 4 nitrogen and oxygen atoms in total. The fraction of sp³-hybridized carbons (Fsp3) is 0.571. The van der Waals surface area contributed by atoms with Gasteiger partial charge in [-0.3, -0.25) is 0 Å². The maximum absolute atomic E-state index is 9.88. The molecule has 0 radical (unpaired) electrons. The number of benzene rings is 1. The van der Waals surface area contributed by atoms with Crippen molar-refractivity contribution in [3.8, 4) is 5.75 Å². The largest absolute Gasteiger partial charge is 0.489 e. The van der Waals surface area contributed by atoms with E-state index in [1.807, 2.05) is 13.8 Å². The van der Waals surface area contributed by atoms with Crippen LogP contribution >= 0.6 is 23.2 Å². The van der Waals surface area contributed by atoms with Crippen LogP contribution < -0.4 is 10.1 Å². The lowest BCUT2D eigenvalue weighted by Gasteiger charge is -2.28. The Labute approximate surface area is 129 Å². The summed E-state index contributed by atoms with van der Waals surface area (Å²) in [5, 5.41) is 23.2. The molecule has 1 aromatic carbocycles. The van der Waals surface area contributed by atoms with E-state index in [0.29, 0.717) is 22.3 Å². The summed E-state index contributed by atoms with van der Waals surface area (Å²) in [5.41, 5.74) is -0.394. The Morgan fingerprint density at radius 1 is 1.40 bits per heavy atom. The van der Waals surface area contributed by atoms with Gasteiger partial charge in [0.25, 0.3) is 0 Å². The molecule has 1 aromatic rings. The number of hydrogen-bond donors (Lipinski definition) is 3. The Balaban J connectivity index is 2.43. The lowest BCUT2D eigenvalue weighted by molar-refractivity contribution is 0.0866. The van der Waals surface area contributed by atoms with Gasteiger partial charge in [-0.2, -0.15) is 0 Å². The number of rotatable bonds is 8. The highest BCUT2D eigenvalue weighted by atomic mass is 35.5. The van der Waals surface area contributed by atoms with E-state index in [-0.39, 0.29) is 13.2 Å². The molecule has 2 atom stereocenters. The second kappa shape index (κ2) is 8.05. The van der Waals surface area contributed by atoms with E-state index in [1.165, 1.54) is 0 Å². The fourth-order valence-corrected chi connectivity index (χ4v) is 1.82. The first kappa shape index (κ1) is 17.5. The quantitative estimate of drug-likeness (QED) is 0.688. The summed E-state index contributed by atoms with van der Waals surface area (Å²) in [6, 6.07) is 4.92. The molecule has 0 bridgehead atoms. The molecule has 0 amide bonds. The van der Waals surface area contributed by atoms with Gasteiger partial charge in [0.15, 0.2) is 0 Å². The van der Waals surface area contributed by atoms with Crippen molar-refractivity contribution in [1.82, 2.24) is 5.32 Å². The van der Waals surface area contributed by atoms with E-state index in [0.717, 1.165) is 6.42 Å². The molecule has 0 saturated heterocycles. The molecule has 114 valence electrons. The van der Waals surface area contributed by atoms with Gasteiger partial charge in [0.2, 0.25) is 0 Å². The van der Waals surface area contributed by atoms with Gasteiger partial charge in [-0.15, -0.1) is 0 Å². The van der Waals surface area contributed by atoms with E-state index < -0.39 is 11.6 Å². The normalized spacial score (nSPS) is 15.7. The number of halogens is 2. The minimum Gasteiger partial charge on any atom is -0.489 e. The zero-order chi connectivity index (χ0) is 15.2. The molecule has 0 heterocycles. The highest BCUT2D eigenvalue weighted by Gasteiger charge is 2.21. The van der Waals surface area contributed by atoms with Crippen molar-refractivity contribution in [2.75, 3.05) is 19.8 Å². The van der Waals surface area contributed by atoms with E-state index in [2.05, 4.69) is 5.32 Å². The highest BCUT2D eigenvalue weighted by molar-refractivity contribution is 6.34. The van der Waals surface area contributed by atoms with Gasteiger partial charge in [-0.1, -0.05) is 30.1 Å². The zero-order valence-electron chi connectivity index (χ0n) is 11.7. The molecular formula is C14H21Cl2NO3. The van der Waals surface area contributed by atoms with Gasteiger partial charge in [-0.05, 0) is 25.5 Å². The van der Waals surface area contributed by atoms with E-state index in [4.69, 9.17) is 27.9 Å². The first-order chi connectivity index (χ1) is 9.40. The van der Waals surface area contributed by atoms with Crippen LogP contribution in [0.1, 0.15) is 20.3 Å². The molecule has 20 heavy (non-hydrogen) atoms. The molecule has 0 aliphatic carbocycles. The molecule has 1 rings (SSSR count).